The molecule has 2 rings (SSSR count). The Hall–Kier alpha value is -0.910. The van der Waals surface area contributed by atoms with Crippen LogP contribution in [0.4, 0.5) is 0 Å². The summed E-state index contributed by atoms with van der Waals surface area (Å²) in [7, 11) is -3.41. The van der Waals surface area contributed by atoms with Crippen molar-refractivity contribution < 1.29 is 8.42 Å². The molecule has 1 atom stereocenters. The molecule has 1 saturated carbocycles. The van der Waals surface area contributed by atoms with Gasteiger partial charge < -0.3 is 5.73 Å². The first-order valence-electron chi connectivity index (χ1n) is 5.81. The van der Waals surface area contributed by atoms with Gasteiger partial charge in [0.15, 0.2) is 0 Å². The summed E-state index contributed by atoms with van der Waals surface area (Å²) in [6, 6.07) is 6.74. The number of nitrogens with one attached hydrogen (secondary N) is 1. The number of benzene rings is 1. The summed E-state index contributed by atoms with van der Waals surface area (Å²) < 4.78 is 26.4. The van der Waals surface area contributed by atoms with Gasteiger partial charge in [-0.15, -0.1) is 0 Å². The number of sulfonamides is 1. The standard InChI is InChI=1S/C12H18N2O2S/c1-9-2-6-11(7-3-9)17(15,16)14-8-12(13)10-4-5-10/h2-3,6-7,10,12,14H,4-5,8,13H2,1H3. The van der Waals surface area contributed by atoms with Crippen molar-refractivity contribution in [1.82, 2.24) is 4.72 Å². The van der Waals surface area contributed by atoms with Gasteiger partial charge in [-0.2, -0.15) is 0 Å². The molecule has 0 spiro atoms. The second-order valence-corrected chi connectivity index (χ2v) is 6.43. The number of hydrogen-bond donors (Lipinski definition) is 2. The zero-order valence-corrected chi connectivity index (χ0v) is 10.7. The average molecular weight is 254 g/mol. The fourth-order valence-corrected chi connectivity index (χ4v) is 2.77. The van der Waals surface area contributed by atoms with Gasteiger partial charge in [0.1, 0.15) is 0 Å². The highest BCUT2D eigenvalue weighted by Gasteiger charge is 2.29. The fraction of sp³-hybridized carbons (Fsp3) is 0.500. The van der Waals surface area contributed by atoms with E-state index in [0.717, 1.165) is 18.4 Å². The van der Waals surface area contributed by atoms with E-state index >= 15 is 0 Å². The van der Waals surface area contributed by atoms with Crippen LogP contribution in [0.3, 0.4) is 0 Å². The predicted octanol–water partition coefficient (Wildman–Crippen LogP) is 1.01. The van der Waals surface area contributed by atoms with Crippen molar-refractivity contribution in [3.63, 3.8) is 0 Å². The van der Waals surface area contributed by atoms with Crippen molar-refractivity contribution >= 4 is 10.0 Å². The summed E-state index contributed by atoms with van der Waals surface area (Å²) in [6.07, 6.45) is 2.24. The second-order valence-electron chi connectivity index (χ2n) is 4.67. The zero-order valence-electron chi connectivity index (χ0n) is 9.89. The molecular formula is C12H18N2O2S. The Morgan fingerprint density at radius 2 is 1.94 bits per heavy atom. The molecule has 0 bridgehead atoms. The van der Waals surface area contributed by atoms with Crippen LogP contribution < -0.4 is 10.5 Å². The van der Waals surface area contributed by atoms with Crippen molar-refractivity contribution in [2.75, 3.05) is 6.54 Å². The molecule has 0 saturated heterocycles. The highest BCUT2D eigenvalue weighted by atomic mass is 32.2. The van der Waals surface area contributed by atoms with E-state index in [4.69, 9.17) is 5.73 Å². The normalized spacial score (nSPS) is 18.0. The summed E-state index contributed by atoms with van der Waals surface area (Å²) >= 11 is 0. The van der Waals surface area contributed by atoms with Gasteiger partial charge in [-0.25, -0.2) is 13.1 Å². The van der Waals surface area contributed by atoms with Crippen molar-refractivity contribution in [2.45, 2.75) is 30.7 Å². The largest absolute Gasteiger partial charge is 0.326 e. The number of nitrogens with two attached hydrogens (primary N) is 1. The molecule has 1 unspecified atom stereocenters. The van der Waals surface area contributed by atoms with E-state index in [2.05, 4.69) is 4.72 Å². The van der Waals surface area contributed by atoms with Crippen molar-refractivity contribution in [1.29, 1.82) is 0 Å². The molecule has 3 N–H and O–H groups in total. The summed E-state index contributed by atoms with van der Waals surface area (Å²) in [5.74, 6) is 0.496. The molecule has 0 heterocycles. The Kier molecular flexibility index (Phi) is 3.51. The minimum atomic E-state index is -3.41. The van der Waals surface area contributed by atoms with Gasteiger partial charge in [-0.05, 0) is 37.8 Å². The van der Waals surface area contributed by atoms with E-state index in [1.807, 2.05) is 6.92 Å². The molecule has 1 fully saturated rings. The Morgan fingerprint density at radius 3 is 2.47 bits per heavy atom. The lowest BCUT2D eigenvalue weighted by Gasteiger charge is -2.12. The Balaban J connectivity index is 2.00. The third kappa shape index (κ3) is 3.28. The van der Waals surface area contributed by atoms with Crippen LogP contribution in [0.5, 0.6) is 0 Å². The molecule has 17 heavy (non-hydrogen) atoms. The Labute approximate surface area is 102 Å². The third-order valence-corrected chi connectivity index (χ3v) is 4.51. The minimum absolute atomic E-state index is 0.0600. The van der Waals surface area contributed by atoms with Crippen LogP contribution in [-0.4, -0.2) is 21.0 Å². The first-order chi connectivity index (χ1) is 7.99. The maximum atomic E-state index is 11.9. The van der Waals surface area contributed by atoms with Crippen molar-refractivity contribution in [3.8, 4) is 0 Å². The molecular weight excluding hydrogens is 236 g/mol. The number of aryl methyl sites for hydroxylation is 1. The van der Waals surface area contributed by atoms with E-state index in [1.165, 1.54) is 0 Å². The van der Waals surface area contributed by atoms with Crippen LogP contribution in [0, 0.1) is 12.8 Å². The first kappa shape index (κ1) is 12.5. The van der Waals surface area contributed by atoms with E-state index in [-0.39, 0.29) is 6.04 Å². The first-order valence-corrected chi connectivity index (χ1v) is 7.29. The topological polar surface area (TPSA) is 72.2 Å². The summed E-state index contributed by atoms with van der Waals surface area (Å²) in [5.41, 5.74) is 6.90. The van der Waals surface area contributed by atoms with Gasteiger partial charge in [0, 0.05) is 12.6 Å². The molecule has 0 amide bonds. The maximum Gasteiger partial charge on any atom is 0.240 e. The number of rotatable bonds is 5. The molecule has 1 aromatic rings. The minimum Gasteiger partial charge on any atom is -0.326 e. The van der Waals surface area contributed by atoms with Crippen LogP contribution in [0.1, 0.15) is 18.4 Å². The molecule has 94 valence electrons. The lowest BCUT2D eigenvalue weighted by molar-refractivity contribution is 0.547. The van der Waals surface area contributed by atoms with Crippen LogP contribution in [-0.2, 0) is 10.0 Å². The monoisotopic (exact) mass is 254 g/mol. The van der Waals surface area contributed by atoms with Crippen LogP contribution in [0.2, 0.25) is 0 Å². The van der Waals surface area contributed by atoms with E-state index in [0.29, 0.717) is 17.4 Å². The van der Waals surface area contributed by atoms with Gasteiger partial charge in [0.25, 0.3) is 0 Å². The zero-order chi connectivity index (χ0) is 12.5. The Bertz CT molecular complexity index is 478. The molecule has 4 nitrogen and oxygen atoms in total. The second kappa shape index (κ2) is 4.76. The van der Waals surface area contributed by atoms with E-state index in [9.17, 15) is 8.42 Å². The lowest BCUT2D eigenvalue weighted by Crippen LogP contribution is -2.38. The quantitative estimate of drug-likeness (QED) is 0.823. The molecule has 1 aromatic carbocycles. The van der Waals surface area contributed by atoms with Crippen LogP contribution in [0.25, 0.3) is 0 Å². The SMILES string of the molecule is Cc1ccc(S(=O)(=O)NCC(N)C2CC2)cc1. The smallest absolute Gasteiger partial charge is 0.240 e. The average Bonchev–Trinajstić information content (AvgIpc) is 3.10. The van der Waals surface area contributed by atoms with Gasteiger partial charge in [-0.3, -0.25) is 0 Å². The predicted molar refractivity (Wildman–Crippen MR) is 67.1 cm³/mol. The molecule has 0 radical (unpaired) electrons. The van der Waals surface area contributed by atoms with Gasteiger partial charge in [0.2, 0.25) is 10.0 Å². The van der Waals surface area contributed by atoms with Crippen molar-refractivity contribution in [2.24, 2.45) is 11.7 Å². The molecule has 0 aromatic heterocycles. The Morgan fingerprint density at radius 1 is 1.35 bits per heavy atom. The van der Waals surface area contributed by atoms with E-state index in [1.54, 1.807) is 24.3 Å². The fourth-order valence-electron chi connectivity index (χ4n) is 1.70. The maximum absolute atomic E-state index is 11.9. The molecule has 0 aliphatic heterocycles. The lowest BCUT2D eigenvalue weighted by atomic mass is 10.2. The van der Waals surface area contributed by atoms with E-state index < -0.39 is 10.0 Å². The van der Waals surface area contributed by atoms with Gasteiger partial charge in [-0.1, -0.05) is 17.7 Å². The highest BCUT2D eigenvalue weighted by molar-refractivity contribution is 7.89. The molecule has 1 aliphatic carbocycles. The van der Waals surface area contributed by atoms with Gasteiger partial charge in [0.05, 0.1) is 4.90 Å². The number of hydrogen-bond acceptors (Lipinski definition) is 3. The summed E-state index contributed by atoms with van der Waals surface area (Å²) in [6.45, 7) is 2.24. The van der Waals surface area contributed by atoms with Crippen molar-refractivity contribution in [3.05, 3.63) is 29.8 Å². The van der Waals surface area contributed by atoms with Crippen LogP contribution in [0.15, 0.2) is 29.2 Å². The molecule has 1 aliphatic rings. The summed E-state index contributed by atoms with van der Waals surface area (Å²) in [4.78, 5) is 0.297. The summed E-state index contributed by atoms with van der Waals surface area (Å²) in [5, 5.41) is 0. The third-order valence-electron chi connectivity index (χ3n) is 3.07. The van der Waals surface area contributed by atoms with Crippen LogP contribution >= 0.6 is 0 Å². The van der Waals surface area contributed by atoms with Gasteiger partial charge >= 0.3 is 0 Å². The molecule has 5 heteroatoms. The highest BCUT2D eigenvalue weighted by Crippen LogP contribution is 2.31.